The Bertz CT molecular complexity index is 1090. The van der Waals surface area contributed by atoms with Crippen LogP contribution in [0.4, 0.5) is 5.69 Å². The average molecular weight is 375 g/mol. The second-order valence-electron chi connectivity index (χ2n) is 5.90. The lowest BCUT2D eigenvalue weighted by Crippen LogP contribution is -2.14. The highest BCUT2D eigenvalue weighted by Gasteiger charge is 2.13. The number of benzene rings is 1. The quantitative estimate of drug-likeness (QED) is 0.424. The predicted octanol–water partition coefficient (Wildman–Crippen LogP) is 3.83. The Morgan fingerprint density at radius 1 is 1.07 bits per heavy atom. The van der Waals surface area contributed by atoms with Gasteiger partial charge in [0.25, 0.3) is 0 Å². The molecule has 0 aliphatic rings. The van der Waals surface area contributed by atoms with E-state index in [1.807, 2.05) is 72.1 Å². The van der Waals surface area contributed by atoms with Crippen molar-refractivity contribution in [1.29, 1.82) is 0 Å². The second-order valence-corrected chi connectivity index (χ2v) is 6.84. The molecular formula is C20H17N5OS. The first-order valence-electron chi connectivity index (χ1n) is 8.45. The normalized spacial score (nSPS) is 10.9. The molecule has 3 aromatic heterocycles. The van der Waals surface area contributed by atoms with Gasteiger partial charge < -0.3 is 5.32 Å². The summed E-state index contributed by atoms with van der Waals surface area (Å²) in [6.07, 6.45) is 3.68. The zero-order chi connectivity index (χ0) is 18.6. The van der Waals surface area contributed by atoms with E-state index < -0.39 is 0 Å². The summed E-state index contributed by atoms with van der Waals surface area (Å²) in [7, 11) is 0. The van der Waals surface area contributed by atoms with Gasteiger partial charge in [-0.25, -0.2) is 15.0 Å². The van der Waals surface area contributed by atoms with Crippen LogP contribution in [0, 0.1) is 6.92 Å². The third kappa shape index (κ3) is 3.83. The molecule has 0 spiro atoms. The van der Waals surface area contributed by atoms with E-state index in [9.17, 15) is 4.79 Å². The second kappa shape index (κ2) is 7.59. The van der Waals surface area contributed by atoms with E-state index >= 15 is 0 Å². The van der Waals surface area contributed by atoms with Gasteiger partial charge in [0.15, 0.2) is 5.16 Å². The molecule has 134 valence electrons. The van der Waals surface area contributed by atoms with Gasteiger partial charge in [-0.1, -0.05) is 36.0 Å². The molecule has 4 aromatic rings. The number of carbonyl (C=O) groups is 1. The molecule has 0 fully saturated rings. The van der Waals surface area contributed by atoms with Crippen molar-refractivity contribution < 1.29 is 4.79 Å². The molecule has 0 radical (unpaired) electrons. The number of pyridine rings is 1. The molecule has 0 saturated carbocycles. The fourth-order valence-corrected chi connectivity index (χ4v) is 3.44. The van der Waals surface area contributed by atoms with Crippen LogP contribution in [0.3, 0.4) is 0 Å². The van der Waals surface area contributed by atoms with Gasteiger partial charge in [-0.2, -0.15) is 0 Å². The minimum atomic E-state index is -0.0915. The van der Waals surface area contributed by atoms with Crippen molar-refractivity contribution in [3.8, 4) is 11.4 Å². The first kappa shape index (κ1) is 17.2. The van der Waals surface area contributed by atoms with E-state index in [1.165, 1.54) is 11.8 Å². The van der Waals surface area contributed by atoms with Gasteiger partial charge >= 0.3 is 0 Å². The highest BCUT2D eigenvalue weighted by molar-refractivity contribution is 7.99. The maximum absolute atomic E-state index is 12.1. The number of hydrogen-bond donors (Lipinski definition) is 1. The zero-order valence-corrected chi connectivity index (χ0v) is 15.5. The molecule has 0 aliphatic carbocycles. The van der Waals surface area contributed by atoms with Gasteiger partial charge in [0, 0.05) is 18.1 Å². The van der Waals surface area contributed by atoms with Gasteiger partial charge in [-0.15, -0.1) is 0 Å². The summed E-state index contributed by atoms with van der Waals surface area (Å²) in [6, 6.07) is 17.1. The summed E-state index contributed by atoms with van der Waals surface area (Å²) in [5.41, 5.74) is 4.27. The summed E-state index contributed by atoms with van der Waals surface area (Å²) in [4.78, 5) is 25.6. The fourth-order valence-electron chi connectivity index (χ4n) is 2.81. The number of para-hydroxylation sites is 1. The van der Waals surface area contributed by atoms with Gasteiger partial charge in [0.2, 0.25) is 5.91 Å². The van der Waals surface area contributed by atoms with E-state index in [0.29, 0.717) is 5.16 Å². The third-order valence-corrected chi connectivity index (χ3v) is 4.83. The van der Waals surface area contributed by atoms with Crippen LogP contribution in [-0.2, 0) is 4.79 Å². The molecule has 1 N–H and O–H groups in total. The summed E-state index contributed by atoms with van der Waals surface area (Å²) in [5, 5.41) is 3.41. The SMILES string of the molecule is Cc1nc2ccccn2c1-c1ccnc(SCC(=O)Nc2ccccc2)n1. The lowest BCUT2D eigenvalue weighted by atomic mass is 10.2. The molecule has 3 heterocycles. The first-order valence-corrected chi connectivity index (χ1v) is 9.44. The van der Waals surface area contributed by atoms with Crippen LogP contribution >= 0.6 is 11.8 Å². The number of amides is 1. The molecule has 0 bridgehead atoms. The highest BCUT2D eigenvalue weighted by atomic mass is 32.2. The molecule has 0 unspecified atom stereocenters. The van der Waals surface area contributed by atoms with Crippen molar-refractivity contribution in [1.82, 2.24) is 19.4 Å². The first-order chi connectivity index (χ1) is 13.2. The van der Waals surface area contributed by atoms with Crippen LogP contribution in [0.2, 0.25) is 0 Å². The number of nitrogens with zero attached hydrogens (tertiary/aromatic N) is 4. The number of rotatable bonds is 5. The van der Waals surface area contributed by atoms with Crippen LogP contribution in [0.5, 0.6) is 0 Å². The Hall–Kier alpha value is -3.19. The minimum absolute atomic E-state index is 0.0915. The number of aryl methyl sites for hydroxylation is 1. The van der Waals surface area contributed by atoms with Gasteiger partial charge in [-0.05, 0) is 37.3 Å². The van der Waals surface area contributed by atoms with Gasteiger partial charge in [-0.3, -0.25) is 9.20 Å². The Kier molecular flexibility index (Phi) is 4.84. The molecular weight excluding hydrogens is 358 g/mol. The molecule has 0 atom stereocenters. The van der Waals surface area contributed by atoms with E-state index in [0.717, 1.165) is 28.4 Å². The minimum Gasteiger partial charge on any atom is -0.325 e. The van der Waals surface area contributed by atoms with Crippen LogP contribution in [-0.4, -0.2) is 31.0 Å². The zero-order valence-electron chi connectivity index (χ0n) is 14.7. The Morgan fingerprint density at radius 3 is 2.74 bits per heavy atom. The number of carbonyl (C=O) groups excluding carboxylic acids is 1. The lowest BCUT2D eigenvalue weighted by molar-refractivity contribution is -0.113. The van der Waals surface area contributed by atoms with Crippen LogP contribution < -0.4 is 5.32 Å². The topological polar surface area (TPSA) is 72.2 Å². The van der Waals surface area contributed by atoms with Crippen molar-refractivity contribution in [2.45, 2.75) is 12.1 Å². The monoisotopic (exact) mass is 375 g/mol. The number of fused-ring (bicyclic) bond motifs is 1. The van der Waals surface area contributed by atoms with Crippen LogP contribution in [0.25, 0.3) is 17.0 Å². The summed E-state index contributed by atoms with van der Waals surface area (Å²) in [5.74, 6) is 0.149. The standard InChI is InChI=1S/C20H17N5OS/c1-14-19(25-12-6-5-9-17(25)22-14)16-10-11-21-20(24-16)27-13-18(26)23-15-7-3-2-4-8-15/h2-12H,13H2,1H3,(H,23,26). The van der Waals surface area contributed by atoms with Crippen molar-refractivity contribution >= 4 is 29.0 Å². The molecule has 1 aromatic carbocycles. The summed E-state index contributed by atoms with van der Waals surface area (Å²) < 4.78 is 2.01. The molecule has 7 heteroatoms. The maximum Gasteiger partial charge on any atom is 0.234 e. The number of anilines is 1. The molecule has 27 heavy (non-hydrogen) atoms. The summed E-state index contributed by atoms with van der Waals surface area (Å²) >= 11 is 1.31. The predicted molar refractivity (Wildman–Crippen MR) is 107 cm³/mol. The Balaban J connectivity index is 1.51. The maximum atomic E-state index is 12.1. The number of imidazole rings is 1. The highest BCUT2D eigenvalue weighted by Crippen LogP contribution is 2.24. The van der Waals surface area contributed by atoms with E-state index in [4.69, 9.17) is 0 Å². The smallest absolute Gasteiger partial charge is 0.234 e. The molecule has 4 rings (SSSR count). The van der Waals surface area contributed by atoms with Gasteiger partial charge in [0.05, 0.1) is 22.8 Å². The number of nitrogens with one attached hydrogen (secondary N) is 1. The number of hydrogen-bond acceptors (Lipinski definition) is 5. The fraction of sp³-hybridized carbons (Fsp3) is 0.100. The van der Waals surface area contributed by atoms with Crippen molar-refractivity contribution in [2.75, 3.05) is 11.1 Å². The molecule has 0 saturated heterocycles. The average Bonchev–Trinajstić information content (AvgIpc) is 3.03. The van der Waals surface area contributed by atoms with Crippen LogP contribution in [0.1, 0.15) is 5.69 Å². The van der Waals surface area contributed by atoms with E-state index in [2.05, 4.69) is 20.3 Å². The molecule has 1 amide bonds. The van der Waals surface area contributed by atoms with Gasteiger partial charge in [0.1, 0.15) is 5.65 Å². The lowest BCUT2D eigenvalue weighted by Gasteiger charge is -2.06. The van der Waals surface area contributed by atoms with Crippen molar-refractivity contribution in [3.63, 3.8) is 0 Å². The van der Waals surface area contributed by atoms with E-state index in [-0.39, 0.29) is 11.7 Å². The number of aromatic nitrogens is 4. The van der Waals surface area contributed by atoms with Crippen molar-refractivity contribution in [2.24, 2.45) is 0 Å². The van der Waals surface area contributed by atoms with Crippen LogP contribution in [0.15, 0.2) is 72.1 Å². The van der Waals surface area contributed by atoms with E-state index in [1.54, 1.807) is 6.20 Å². The summed E-state index contributed by atoms with van der Waals surface area (Å²) in [6.45, 7) is 1.96. The Labute approximate surface area is 160 Å². The third-order valence-electron chi connectivity index (χ3n) is 3.97. The number of thioether (sulfide) groups is 1. The largest absolute Gasteiger partial charge is 0.325 e. The van der Waals surface area contributed by atoms with Crippen molar-refractivity contribution in [3.05, 3.63) is 72.7 Å². The molecule has 6 nitrogen and oxygen atoms in total. The Morgan fingerprint density at radius 2 is 1.89 bits per heavy atom. The molecule has 0 aliphatic heterocycles.